The van der Waals surface area contributed by atoms with Crippen molar-refractivity contribution in [3.63, 3.8) is 0 Å². The van der Waals surface area contributed by atoms with Crippen LogP contribution in [0.2, 0.25) is 0 Å². The van der Waals surface area contributed by atoms with Crippen LogP contribution >= 0.6 is 0 Å². The Bertz CT molecular complexity index is 4980. The molecule has 0 N–H and O–H groups in total. The smallest absolute Gasteiger partial charge is 0.143 e. The zero-order valence-corrected chi connectivity index (χ0v) is 48.3. The van der Waals surface area contributed by atoms with E-state index in [4.69, 9.17) is 18.8 Å². The zero-order valence-electron chi connectivity index (χ0n) is 48.3. The second-order valence-electron chi connectivity index (χ2n) is 22.8. The number of pyridine rings is 2. The van der Waals surface area contributed by atoms with E-state index < -0.39 is 5.41 Å². The molecule has 0 amide bonds. The summed E-state index contributed by atoms with van der Waals surface area (Å²) in [5.74, 6) is 1.67. The minimum absolute atomic E-state index is 0.791. The predicted octanol–water partition coefficient (Wildman–Crippen LogP) is 22.2. The van der Waals surface area contributed by atoms with Crippen LogP contribution in [0.5, 0.6) is 0 Å². The lowest BCUT2D eigenvalue weighted by Gasteiger charge is -2.35. The van der Waals surface area contributed by atoms with E-state index in [2.05, 4.69) is 301 Å². The van der Waals surface area contributed by atoms with Gasteiger partial charge in [0.2, 0.25) is 0 Å². The number of nitrogens with zero attached hydrogens (tertiary/aromatic N) is 4. The van der Waals surface area contributed by atoms with Gasteiger partial charge in [-0.25, -0.2) is 0 Å². The number of rotatable bonds is 12. The Kier molecular flexibility index (Phi) is 12.3. The highest BCUT2D eigenvalue weighted by Crippen LogP contribution is 2.59. The highest BCUT2D eigenvalue weighted by Gasteiger charge is 2.47. The monoisotopic (exact) mass is 1140 g/mol. The van der Waals surface area contributed by atoms with Crippen molar-refractivity contribution >= 4 is 77.9 Å². The Labute approximate surface area is 515 Å². The minimum atomic E-state index is -0.799. The largest absolute Gasteiger partial charge is 0.455 e. The Morgan fingerprint density at radius 2 is 0.618 bits per heavy atom. The fraction of sp³-hybridized carbons (Fsp3) is 0.0120. The number of anilines is 6. The molecule has 0 saturated heterocycles. The van der Waals surface area contributed by atoms with E-state index in [0.29, 0.717) is 0 Å². The summed E-state index contributed by atoms with van der Waals surface area (Å²) in [5.41, 5.74) is 21.7. The summed E-state index contributed by atoms with van der Waals surface area (Å²) in [6.45, 7) is 0. The molecule has 6 heteroatoms. The van der Waals surface area contributed by atoms with E-state index in [0.717, 1.165) is 145 Å². The van der Waals surface area contributed by atoms with Crippen LogP contribution < -0.4 is 9.80 Å². The van der Waals surface area contributed by atoms with Crippen molar-refractivity contribution in [3.8, 4) is 56.0 Å². The summed E-state index contributed by atoms with van der Waals surface area (Å²) in [6, 6.07) is 113. The molecule has 6 nitrogen and oxygen atoms in total. The van der Waals surface area contributed by atoms with Crippen molar-refractivity contribution in [2.24, 2.45) is 0 Å². The third-order valence-electron chi connectivity index (χ3n) is 17.8. The highest BCUT2D eigenvalue weighted by atomic mass is 16.3. The van der Waals surface area contributed by atoms with Gasteiger partial charge in [0.15, 0.2) is 0 Å². The van der Waals surface area contributed by atoms with Gasteiger partial charge in [0.1, 0.15) is 22.7 Å². The first-order valence-electron chi connectivity index (χ1n) is 30.2. The molecular weight excluding hydrogens is 1080 g/mol. The maximum atomic E-state index is 7.07. The van der Waals surface area contributed by atoms with Gasteiger partial charge in [-0.1, -0.05) is 218 Å². The lowest BCUT2D eigenvalue weighted by molar-refractivity contribution is 0.632. The van der Waals surface area contributed by atoms with E-state index >= 15 is 0 Å². The van der Waals surface area contributed by atoms with E-state index in [1.807, 2.05) is 36.7 Å². The molecule has 4 aromatic heterocycles. The van der Waals surface area contributed by atoms with Crippen LogP contribution in [0.1, 0.15) is 22.3 Å². The van der Waals surface area contributed by atoms with Crippen LogP contribution in [-0.4, -0.2) is 9.97 Å². The van der Waals surface area contributed by atoms with Crippen LogP contribution in [-0.2, 0) is 5.41 Å². The summed E-state index contributed by atoms with van der Waals surface area (Å²) in [6.07, 6.45) is 3.74. The zero-order chi connectivity index (χ0) is 58.8. The molecule has 0 saturated carbocycles. The SMILES string of the molecule is c1ccc(-c2oc3cc(N(c4ccc5c(c4)C(c4ccccc4)(c4ccccc4)c4cc(N(c6ccc7cccnc7c6)c6ccc7c(-c8ccccc8)c(-c8ccccc8)oc7c6)ccc4-5)c4ccc5cccnc5c4)ccc3c2-c2ccccc2)cc1. The molecule has 418 valence electrons. The van der Waals surface area contributed by atoms with Crippen molar-refractivity contribution in [2.75, 3.05) is 9.80 Å². The molecule has 0 atom stereocenters. The molecule has 4 heterocycles. The lowest BCUT2D eigenvalue weighted by atomic mass is 9.67. The summed E-state index contributed by atoms with van der Waals surface area (Å²) >= 11 is 0. The minimum Gasteiger partial charge on any atom is -0.455 e. The number of hydrogen-bond donors (Lipinski definition) is 0. The fourth-order valence-electron chi connectivity index (χ4n) is 13.8. The van der Waals surface area contributed by atoms with Gasteiger partial charge in [0.25, 0.3) is 0 Å². The van der Waals surface area contributed by atoms with Crippen LogP contribution in [0.4, 0.5) is 34.1 Å². The quantitative estimate of drug-likeness (QED) is 0.121. The van der Waals surface area contributed by atoms with Crippen LogP contribution in [0.15, 0.2) is 337 Å². The Balaban J connectivity index is 0.884. The average molecular weight is 1140 g/mol. The molecule has 0 unspecified atom stereocenters. The molecule has 0 bridgehead atoms. The van der Waals surface area contributed by atoms with Gasteiger partial charge in [0.05, 0.1) is 16.4 Å². The first kappa shape index (κ1) is 51.6. The number of benzene rings is 12. The summed E-state index contributed by atoms with van der Waals surface area (Å²) in [7, 11) is 0. The van der Waals surface area contributed by atoms with Gasteiger partial charge in [0, 0.05) is 102 Å². The third kappa shape index (κ3) is 8.64. The highest BCUT2D eigenvalue weighted by molar-refractivity contribution is 6.06. The van der Waals surface area contributed by atoms with Crippen molar-refractivity contribution in [2.45, 2.75) is 5.41 Å². The normalized spacial score (nSPS) is 12.4. The topological polar surface area (TPSA) is 58.5 Å². The lowest BCUT2D eigenvalue weighted by Crippen LogP contribution is -2.29. The summed E-state index contributed by atoms with van der Waals surface area (Å²) < 4.78 is 14.1. The predicted molar refractivity (Wildman–Crippen MR) is 365 cm³/mol. The average Bonchev–Trinajstić information content (AvgIpc) is 1.69. The molecule has 89 heavy (non-hydrogen) atoms. The molecule has 17 rings (SSSR count). The Morgan fingerprint density at radius 1 is 0.281 bits per heavy atom. The fourth-order valence-corrected chi connectivity index (χ4v) is 13.8. The maximum Gasteiger partial charge on any atom is 0.143 e. The van der Waals surface area contributed by atoms with Crippen molar-refractivity contribution in [1.29, 1.82) is 0 Å². The first-order chi connectivity index (χ1) is 44.1. The molecule has 12 aromatic carbocycles. The number of hydrogen-bond acceptors (Lipinski definition) is 6. The van der Waals surface area contributed by atoms with Crippen molar-refractivity contribution < 1.29 is 8.83 Å². The van der Waals surface area contributed by atoms with E-state index in [-0.39, 0.29) is 0 Å². The third-order valence-corrected chi connectivity index (χ3v) is 17.8. The maximum absolute atomic E-state index is 7.07. The van der Waals surface area contributed by atoms with Crippen LogP contribution in [0.25, 0.3) is 99.8 Å². The molecule has 1 aliphatic carbocycles. The van der Waals surface area contributed by atoms with Crippen molar-refractivity contribution in [1.82, 2.24) is 9.97 Å². The Morgan fingerprint density at radius 3 is 1.02 bits per heavy atom. The van der Waals surface area contributed by atoms with Gasteiger partial charge in [-0.2, -0.15) is 0 Å². The van der Waals surface area contributed by atoms with E-state index in [1.54, 1.807) is 0 Å². The van der Waals surface area contributed by atoms with Crippen molar-refractivity contribution in [3.05, 3.63) is 350 Å². The van der Waals surface area contributed by atoms with E-state index in [1.165, 1.54) is 11.1 Å². The van der Waals surface area contributed by atoms with E-state index in [9.17, 15) is 0 Å². The molecule has 16 aromatic rings. The van der Waals surface area contributed by atoms with Crippen LogP contribution in [0.3, 0.4) is 0 Å². The van der Waals surface area contributed by atoms with Gasteiger partial charge >= 0.3 is 0 Å². The molecule has 0 spiro atoms. The van der Waals surface area contributed by atoms with Gasteiger partial charge in [-0.15, -0.1) is 0 Å². The van der Waals surface area contributed by atoms with Crippen LogP contribution in [0, 0.1) is 0 Å². The molecule has 0 fully saturated rings. The second kappa shape index (κ2) is 21.3. The molecule has 0 aliphatic heterocycles. The summed E-state index contributed by atoms with van der Waals surface area (Å²) in [4.78, 5) is 14.5. The number of fused-ring (bicyclic) bond motifs is 7. The molecular formula is C83H54N4O2. The van der Waals surface area contributed by atoms with Gasteiger partial charge < -0.3 is 18.6 Å². The van der Waals surface area contributed by atoms with Gasteiger partial charge in [-0.05, 0) is 129 Å². The standard InChI is InChI=1S/C83H54N4O2/c1-7-21-57(22-8-1)79-71-45-41-67(53-77(71)88-81(79)59-25-11-3-12-26-59)86(65-37-35-55-29-19-47-84-75(55)51-65)63-39-43-69-70-44-40-64(50-74(70)83(73(69)49-63,61-31-15-5-16-32-61)62-33-17-6-18-34-62)87(66-38-36-56-30-20-48-85-76(56)52-66)68-42-46-72-78(54-68)89-82(60-27-13-4-14-28-60)80(72)58-23-9-2-10-24-58/h1-54H. The molecule has 0 radical (unpaired) electrons. The first-order valence-corrected chi connectivity index (χ1v) is 30.2. The number of aromatic nitrogens is 2. The number of furan rings is 2. The molecule has 1 aliphatic rings. The Hall–Kier alpha value is -11.9. The summed E-state index contributed by atoms with van der Waals surface area (Å²) in [5, 5.41) is 4.21. The second-order valence-corrected chi connectivity index (χ2v) is 22.8. The van der Waals surface area contributed by atoms with Gasteiger partial charge in [-0.3, -0.25) is 9.97 Å².